The summed E-state index contributed by atoms with van der Waals surface area (Å²) in [5.41, 5.74) is 2.00. The number of para-hydroxylation sites is 1. The molecule has 0 radical (unpaired) electrons. The molecule has 0 fully saturated rings. The summed E-state index contributed by atoms with van der Waals surface area (Å²) in [7, 11) is 0. The highest BCUT2D eigenvalue weighted by molar-refractivity contribution is 5.94. The van der Waals surface area contributed by atoms with Gasteiger partial charge in [0, 0.05) is 24.2 Å². The topological polar surface area (TPSA) is 40.5 Å². The van der Waals surface area contributed by atoms with Crippen molar-refractivity contribution in [1.29, 1.82) is 0 Å². The highest BCUT2D eigenvalue weighted by Crippen LogP contribution is 2.34. The van der Waals surface area contributed by atoms with Crippen molar-refractivity contribution in [1.82, 2.24) is 0 Å². The van der Waals surface area contributed by atoms with Crippen molar-refractivity contribution >= 4 is 11.6 Å². The van der Waals surface area contributed by atoms with E-state index in [1.807, 2.05) is 29.2 Å². The fourth-order valence-electron chi connectivity index (χ4n) is 3.33. The van der Waals surface area contributed by atoms with Crippen LogP contribution in [-0.4, -0.2) is 17.6 Å². The summed E-state index contributed by atoms with van der Waals surface area (Å²) in [6, 6.07) is 7.69. The molecule has 1 N–H and O–H groups in total. The quantitative estimate of drug-likeness (QED) is 0.916. The lowest BCUT2D eigenvalue weighted by molar-refractivity contribution is -0.119. The Kier molecular flexibility index (Phi) is 4.72. The number of fused-ring (bicyclic) bond motifs is 1. The average Bonchev–Trinajstić information content (AvgIpc) is 2.37. The van der Waals surface area contributed by atoms with Gasteiger partial charge in [0.1, 0.15) is 0 Å². The number of carbonyl (C=O) groups is 1. The van der Waals surface area contributed by atoms with Crippen LogP contribution in [0.15, 0.2) is 24.3 Å². The Hall–Kier alpha value is -1.35. The van der Waals surface area contributed by atoms with Crippen LogP contribution in [0.2, 0.25) is 0 Å². The molecule has 1 aromatic rings. The lowest BCUT2D eigenvalue weighted by atomic mass is 9.84. The molecule has 0 bridgehead atoms. The molecule has 2 rings (SSSR count). The molecule has 1 aliphatic rings. The monoisotopic (exact) mass is 289 g/mol. The molecule has 1 amide bonds. The number of hydrogen-bond acceptors (Lipinski definition) is 2. The molecule has 0 saturated carbocycles. The number of hydrogen-bond donors (Lipinski definition) is 1. The number of aliphatic hydroxyl groups excluding tert-OH is 1. The summed E-state index contributed by atoms with van der Waals surface area (Å²) in [4.78, 5) is 14.5. The van der Waals surface area contributed by atoms with Crippen LogP contribution < -0.4 is 4.90 Å². The standard InChI is InChI=1S/C18H27NO2/c1-13(12-18(2,3)4)11-17(21)19-10-9-16(20)14-7-5-6-8-15(14)19/h5-8,13,16,20H,9-12H2,1-4H3. The van der Waals surface area contributed by atoms with Crippen LogP contribution in [0.4, 0.5) is 5.69 Å². The van der Waals surface area contributed by atoms with Crippen molar-refractivity contribution in [3.63, 3.8) is 0 Å². The molecule has 21 heavy (non-hydrogen) atoms. The highest BCUT2D eigenvalue weighted by Gasteiger charge is 2.28. The molecule has 2 unspecified atom stereocenters. The normalized spacial score (nSPS) is 20.0. The predicted octanol–water partition coefficient (Wildman–Crippen LogP) is 3.92. The third-order valence-electron chi connectivity index (χ3n) is 4.00. The fourth-order valence-corrected chi connectivity index (χ4v) is 3.33. The van der Waals surface area contributed by atoms with Crippen molar-refractivity contribution in [2.24, 2.45) is 11.3 Å². The molecule has 0 spiro atoms. The van der Waals surface area contributed by atoms with E-state index in [9.17, 15) is 9.90 Å². The molecule has 0 aromatic heterocycles. The number of nitrogens with zero attached hydrogens (tertiary/aromatic N) is 1. The molecular weight excluding hydrogens is 262 g/mol. The summed E-state index contributed by atoms with van der Waals surface area (Å²) in [5, 5.41) is 10.1. The summed E-state index contributed by atoms with van der Waals surface area (Å²) >= 11 is 0. The summed E-state index contributed by atoms with van der Waals surface area (Å²) in [5.74, 6) is 0.544. The zero-order chi connectivity index (χ0) is 15.6. The minimum Gasteiger partial charge on any atom is -0.388 e. The number of aliphatic hydroxyl groups is 1. The van der Waals surface area contributed by atoms with Gasteiger partial charge in [0.05, 0.1) is 6.10 Å². The molecule has 3 heteroatoms. The lowest BCUT2D eigenvalue weighted by Crippen LogP contribution is -2.37. The van der Waals surface area contributed by atoms with E-state index in [-0.39, 0.29) is 11.3 Å². The Balaban J connectivity index is 2.09. The number of rotatable bonds is 3. The molecule has 0 aliphatic carbocycles. The largest absolute Gasteiger partial charge is 0.388 e. The first kappa shape index (κ1) is 16.0. The van der Waals surface area contributed by atoms with Gasteiger partial charge in [-0.25, -0.2) is 0 Å². The van der Waals surface area contributed by atoms with E-state index in [4.69, 9.17) is 0 Å². The third-order valence-corrected chi connectivity index (χ3v) is 4.00. The average molecular weight is 289 g/mol. The van der Waals surface area contributed by atoms with Gasteiger partial charge >= 0.3 is 0 Å². The second-order valence-electron chi connectivity index (χ2n) is 7.48. The summed E-state index contributed by atoms with van der Waals surface area (Å²) < 4.78 is 0. The molecule has 1 aliphatic heterocycles. The number of anilines is 1. The number of carbonyl (C=O) groups excluding carboxylic acids is 1. The minimum atomic E-state index is -0.447. The first-order valence-electron chi connectivity index (χ1n) is 7.85. The van der Waals surface area contributed by atoms with Crippen molar-refractivity contribution < 1.29 is 9.90 Å². The van der Waals surface area contributed by atoms with Gasteiger partial charge in [-0.15, -0.1) is 0 Å². The summed E-state index contributed by atoms with van der Waals surface area (Å²) in [6.45, 7) is 9.38. The highest BCUT2D eigenvalue weighted by atomic mass is 16.3. The summed E-state index contributed by atoms with van der Waals surface area (Å²) in [6.07, 6.45) is 1.78. The Labute approximate surface area is 128 Å². The minimum absolute atomic E-state index is 0.172. The van der Waals surface area contributed by atoms with Crippen LogP contribution in [0.1, 0.15) is 58.6 Å². The van der Waals surface area contributed by atoms with E-state index in [0.29, 0.717) is 25.3 Å². The maximum atomic E-state index is 12.6. The van der Waals surface area contributed by atoms with Gasteiger partial charge in [-0.1, -0.05) is 45.9 Å². The lowest BCUT2D eigenvalue weighted by Gasteiger charge is -2.33. The SMILES string of the molecule is CC(CC(=O)N1CCC(O)c2ccccc21)CC(C)(C)C. The Morgan fingerprint density at radius 1 is 1.38 bits per heavy atom. The maximum absolute atomic E-state index is 12.6. The van der Waals surface area contributed by atoms with Gasteiger partial charge in [0.2, 0.25) is 5.91 Å². The van der Waals surface area contributed by atoms with Crippen LogP contribution in [0, 0.1) is 11.3 Å². The first-order chi connectivity index (χ1) is 9.78. The zero-order valence-corrected chi connectivity index (χ0v) is 13.6. The van der Waals surface area contributed by atoms with E-state index in [1.165, 1.54) is 0 Å². The van der Waals surface area contributed by atoms with Crippen LogP contribution >= 0.6 is 0 Å². The molecule has 2 atom stereocenters. The van der Waals surface area contributed by atoms with E-state index < -0.39 is 6.10 Å². The van der Waals surface area contributed by atoms with E-state index >= 15 is 0 Å². The van der Waals surface area contributed by atoms with Gasteiger partial charge in [0.25, 0.3) is 0 Å². The smallest absolute Gasteiger partial charge is 0.227 e. The number of benzene rings is 1. The van der Waals surface area contributed by atoms with Crippen molar-refractivity contribution in [2.45, 2.75) is 53.1 Å². The van der Waals surface area contributed by atoms with Crippen molar-refractivity contribution in [3.8, 4) is 0 Å². The Morgan fingerprint density at radius 3 is 2.71 bits per heavy atom. The second-order valence-corrected chi connectivity index (χ2v) is 7.48. The molecular formula is C18H27NO2. The molecule has 1 aromatic carbocycles. The second kappa shape index (κ2) is 6.18. The van der Waals surface area contributed by atoms with Gasteiger partial charge in [-0.2, -0.15) is 0 Å². The van der Waals surface area contributed by atoms with Crippen LogP contribution in [-0.2, 0) is 4.79 Å². The van der Waals surface area contributed by atoms with Crippen LogP contribution in [0.25, 0.3) is 0 Å². The molecule has 3 nitrogen and oxygen atoms in total. The van der Waals surface area contributed by atoms with Crippen molar-refractivity contribution in [3.05, 3.63) is 29.8 Å². The molecule has 116 valence electrons. The van der Waals surface area contributed by atoms with E-state index in [1.54, 1.807) is 0 Å². The Bertz CT molecular complexity index is 504. The fraction of sp³-hybridized carbons (Fsp3) is 0.611. The van der Waals surface area contributed by atoms with Crippen LogP contribution in [0.3, 0.4) is 0 Å². The third kappa shape index (κ3) is 4.07. The van der Waals surface area contributed by atoms with Gasteiger partial charge < -0.3 is 10.0 Å². The number of amides is 1. The molecule has 0 saturated heterocycles. The van der Waals surface area contributed by atoms with E-state index in [2.05, 4.69) is 27.7 Å². The zero-order valence-electron chi connectivity index (χ0n) is 13.6. The molecule has 1 heterocycles. The first-order valence-corrected chi connectivity index (χ1v) is 7.85. The van der Waals surface area contributed by atoms with Gasteiger partial charge in [0.15, 0.2) is 0 Å². The predicted molar refractivity (Wildman–Crippen MR) is 86.2 cm³/mol. The Morgan fingerprint density at radius 2 is 2.05 bits per heavy atom. The van der Waals surface area contributed by atoms with Crippen LogP contribution in [0.5, 0.6) is 0 Å². The van der Waals surface area contributed by atoms with E-state index in [0.717, 1.165) is 17.7 Å². The van der Waals surface area contributed by atoms with Gasteiger partial charge in [-0.05, 0) is 30.2 Å². The van der Waals surface area contributed by atoms with Crippen molar-refractivity contribution in [2.75, 3.05) is 11.4 Å². The van der Waals surface area contributed by atoms with Gasteiger partial charge in [-0.3, -0.25) is 4.79 Å². The maximum Gasteiger partial charge on any atom is 0.227 e.